The molecular weight excluding hydrogens is 164 g/mol. The number of hydrogen-bond acceptors (Lipinski definition) is 5. The van der Waals surface area contributed by atoms with Gasteiger partial charge in [0.05, 0.1) is 12.2 Å². The van der Waals surface area contributed by atoms with Gasteiger partial charge in [-0.1, -0.05) is 0 Å². The van der Waals surface area contributed by atoms with Gasteiger partial charge >= 0.3 is 0 Å². The molecule has 0 bridgehead atoms. The van der Waals surface area contributed by atoms with Crippen molar-refractivity contribution in [3.63, 3.8) is 0 Å². The summed E-state index contributed by atoms with van der Waals surface area (Å²) >= 11 is 1.57. The molecule has 4 nitrogen and oxygen atoms in total. The van der Waals surface area contributed by atoms with Gasteiger partial charge in [-0.05, 0) is 0 Å². The van der Waals surface area contributed by atoms with Gasteiger partial charge in [-0.15, -0.1) is 0 Å². The molecule has 11 heavy (non-hydrogen) atoms. The van der Waals surface area contributed by atoms with E-state index in [4.69, 9.17) is 11.5 Å². The first-order valence-electron chi connectivity index (χ1n) is 3.58. The summed E-state index contributed by atoms with van der Waals surface area (Å²) in [6.45, 7) is 0. The zero-order valence-corrected chi connectivity index (χ0v) is 7.00. The molecule has 1 fully saturated rings. The molecule has 0 unspecified atom stereocenters. The second kappa shape index (κ2) is 3.73. The Morgan fingerprint density at radius 3 is 1.73 bits per heavy atom. The summed E-state index contributed by atoms with van der Waals surface area (Å²) in [5.41, 5.74) is 11.1. The molecule has 0 aromatic heterocycles. The molecule has 4 atom stereocenters. The highest BCUT2D eigenvalue weighted by molar-refractivity contribution is 7.99. The van der Waals surface area contributed by atoms with Crippen molar-refractivity contribution in [2.75, 3.05) is 11.5 Å². The van der Waals surface area contributed by atoms with E-state index in [1.165, 1.54) is 0 Å². The van der Waals surface area contributed by atoms with E-state index in [-0.39, 0.29) is 12.1 Å². The summed E-state index contributed by atoms with van der Waals surface area (Å²) in [4.78, 5) is 0. The molecule has 0 spiro atoms. The van der Waals surface area contributed by atoms with Crippen LogP contribution in [0.4, 0.5) is 0 Å². The van der Waals surface area contributed by atoms with E-state index in [9.17, 15) is 10.2 Å². The summed E-state index contributed by atoms with van der Waals surface area (Å²) in [7, 11) is 0. The van der Waals surface area contributed by atoms with Crippen LogP contribution in [0.15, 0.2) is 0 Å². The Morgan fingerprint density at radius 2 is 1.36 bits per heavy atom. The summed E-state index contributed by atoms with van der Waals surface area (Å²) in [5, 5.41) is 18.7. The fourth-order valence-electron chi connectivity index (χ4n) is 1.04. The zero-order valence-electron chi connectivity index (χ0n) is 6.18. The van der Waals surface area contributed by atoms with E-state index in [2.05, 4.69) is 0 Å². The van der Waals surface area contributed by atoms with Crippen LogP contribution in [-0.4, -0.2) is 46.0 Å². The van der Waals surface area contributed by atoms with Gasteiger partial charge in [-0.2, -0.15) is 11.8 Å². The van der Waals surface area contributed by atoms with Crippen LogP contribution in [0.2, 0.25) is 0 Å². The molecule has 5 heteroatoms. The molecule has 0 aliphatic carbocycles. The molecule has 0 radical (unpaired) electrons. The number of nitrogens with two attached hydrogens (primary N) is 2. The Balaban J connectivity index is 2.58. The smallest absolute Gasteiger partial charge is 0.0973 e. The second-order valence-corrected chi connectivity index (χ2v) is 3.92. The van der Waals surface area contributed by atoms with Crippen LogP contribution in [0, 0.1) is 0 Å². The largest absolute Gasteiger partial charge is 0.389 e. The lowest BCUT2D eigenvalue weighted by atomic mass is 10.0. The Labute approximate surface area is 69.9 Å². The first-order valence-corrected chi connectivity index (χ1v) is 4.73. The highest BCUT2D eigenvalue weighted by Gasteiger charge is 2.31. The molecule has 0 amide bonds. The molecule has 66 valence electrons. The van der Waals surface area contributed by atoms with Crippen LogP contribution < -0.4 is 11.5 Å². The summed E-state index contributed by atoms with van der Waals surface area (Å²) in [5.74, 6) is 1.32. The van der Waals surface area contributed by atoms with Gasteiger partial charge in [0.15, 0.2) is 0 Å². The lowest BCUT2D eigenvalue weighted by molar-refractivity contribution is -0.0000414. The second-order valence-electron chi connectivity index (χ2n) is 2.85. The van der Waals surface area contributed by atoms with Crippen molar-refractivity contribution in [1.82, 2.24) is 0 Å². The van der Waals surface area contributed by atoms with Gasteiger partial charge in [0.25, 0.3) is 0 Å². The number of thioether (sulfide) groups is 1. The number of rotatable bonds is 0. The van der Waals surface area contributed by atoms with Crippen LogP contribution >= 0.6 is 11.8 Å². The Kier molecular flexibility index (Phi) is 3.15. The fraction of sp³-hybridized carbons (Fsp3) is 1.00. The van der Waals surface area contributed by atoms with Crippen LogP contribution in [-0.2, 0) is 0 Å². The normalized spacial score (nSPS) is 46.9. The van der Waals surface area contributed by atoms with E-state index < -0.39 is 12.2 Å². The molecular formula is C6H14N2O2S. The van der Waals surface area contributed by atoms with Crippen molar-refractivity contribution >= 4 is 11.8 Å². The van der Waals surface area contributed by atoms with E-state index in [1.54, 1.807) is 11.8 Å². The van der Waals surface area contributed by atoms with Crippen LogP contribution in [0.25, 0.3) is 0 Å². The topological polar surface area (TPSA) is 92.5 Å². The number of aliphatic hydroxyl groups excluding tert-OH is 2. The summed E-state index contributed by atoms with van der Waals surface area (Å²) in [6.07, 6.45) is -1.75. The average Bonchev–Trinajstić information content (AvgIpc) is 2.07. The van der Waals surface area contributed by atoms with Gasteiger partial charge in [-0.3, -0.25) is 0 Å². The minimum atomic E-state index is -0.875. The van der Waals surface area contributed by atoms with Crippen molar-refractivity contribution in [2.45, 2.75) is 24.3 Å². The Hall–Kier alpha value is 0.190. The summed E-state index contributed by atoms with van der Waals surface area (Å²) < 4.78 is 0. The first-order chi connectivity index (χ1) is 5.13. The van der Waals surface area contributed by atoms with Gasteiger partial charge in [-0.25, -0.2) is 0 Å². The van der Waals surface area contributed by atoms with Gasteiger partial charge in [0, 0.05) is 23.6 Å². The molecule has 1 rings (SSSR count). The SMILES string of the molecule is N[C@@H]1CSC[C@H](N)[C@@H](O)[C@@H]1O. The maximum atomic E-state index is 9.33. The predicted molar refractivity (Wildman–Crippen MR) is 45.3 cm³/mol. The van der Waals surface area contributed by atoms with Crippen molar-refractivity contribution < 1.29 is 10.2 Å². The highest BCUT2D eigenvalue weighted by Crippen LogP contribution is 2.16. The molecule has 0 aromatic carbocycles. The number of aliphatic hydroxyl groups is 2. The van der Waals surface area contributed by atoms with Crippen LogP contribution in [0.3, 0.4) is 0 Å². The molecule has 1 aliphatic rings. The maximum absolute atomic E-state index is 9.33. The molecule has 1 saturated heterocycles. The standard InChI is InChI=1S/C6H14N2O2S/c7-3-1-11-2-4(8)6(10)5(3)9/h3-6,9-10H,1-2,7-8H2/t3-,4+,5-,6-/m1/s1. The monoisotopic (exact) mass is 178 g/mol. The van der Waals surface area contributed by atoms with E-state index in [0.717, 1.165) is 0 Å². The molecule has 0 aromatic rings. The minimum Gasteiger partial charge on any atom is -0.389 e. The van der Waals surface area contributed by atoms with Crippen molar-refractivity contribution in [1.29, 1.82) is 0 Å². The third-order valence-electron chi connectivity index (χ3n) is 1.85. The molecule has 1 aliphatic heterocycles. The molecule has 0 saturated carbocycles. The maximum Gasteiger partial charge on any atom is 0.0973 e. The fourth-order valence-corrected chi connectivity index (χ4v) is 2.12. The van der Waals surface area contributed by atoms with E-state index in [1.807, 2.05) is 0 Å². The van der Waals surface area contributed by atoms with Crippen molar-refractivity contribution in [3.8, 4) is 0 Å². The van der Waals surface area contributed by atoms with E-state index >= 15 is 0 Å². The van der Waals surface area contributed by atoms with Crippen LogP contribution in [0.1, 0.15) is 0 Å². The molecule has 1 heterocycles. The summed E-state index contributed by atoms with van der Waals surface area (Å²) in [6, 6.07) is -0.716. The lowest BCUT2D eigenvalue weighted by Crippen LogP contribution is -2.50. The van der Waals surface area contributed by atoms with Gasteiger partial charge < -0.3 is 21.7 Å². The van der Waals surface area contributed by atoms with Gasteiger partial charge in [0.1, 0.15) is 0 Å². The Morgan fingerprint density at radius 1 is 1.00 bits per heavy atom. The third kappa shape index (κ3) is 2.07. The third-order valence-corrected chi connectivity index (χ3v) is 3.09. The van der Waals surface area contributed by atoms with E-state index in [0.29, 0.717) is 11.5 Å². The average molecular weight is 178 g/mol. The Bertz CT molecular complexity index is 122. The van der Waals surface area contributed by atoms with Crippen molar-refractivity contribution in [3.05, 3.63) is 0 Å². The van der Waals surface area contributed by atoms with Crippen molar-refractivity contribution in [2.24, 2.45) is 11.5 Å². The van der Waals surface area contributed by atoms with Gasteiger partial charge in [0.2, 0.25) is 0 Å². The van der Waals surface area contributed by atoms with Crippen LogP contribution in [0.5, 0.6) is 0 Å². The number of hydrogen-bond donors (Lipinski definition) is 4. The predicted octanol–water partition coefficient (Wildman–Crippen LogP) is -1.89. The minimum absolute atomic E-state index is 0.358. The highest BCUT2D eigenvalue weighted by atomic mass is 32.2. The zero-order chi connectivity index (χ0) is 8.43. The molecule has 6 N–H and O–H groups in total. The quantitative estimate of drug-likeness (QED) is 0.348. The first kappa shape index (κ1) is 9.28. The lowest BCUT2D eigenvalue weighted by Gasteiger charge is -2.22.